The van der Waals surface area contributed by atoms with E-state index >= 15 is 0 Å². The Morgan fingerprint density at radius 3 is 2.52 bits per heavy atom. The van der Waals surface area contributed by atoms with E-state index in [0.717, 1.165) is 50.0 Å². The molecule has 2 aromatic carbocycles. The molecule has 2 aliphatic heterocycles. The van der Waals surface area contributed by atoms with E-state index in [1.54, 1.807) is 23.9 Å². The fraction of sp³-hybridized carbons (Fsp3) is 0.382. The molecule has 0 saturated carbocycles. The van der Waals surface area contributed by atoms with Gasteiger partial charge >= 0.3 is 5.97 Å². The Hall–Kier alpha value is -3.78. The maximum absolute atomic E-state index is 11.4. The highest BCUT2D eigenvalue weighted by molar-refractivity contribution is 8.03. The average Bonchev–Trinajstić information content (AvgIpc) is 3.41. The summed E-state index contributed by atoms with van der Waals surface area (Å²) in [6.45, 7) is 8.28. The molecule has 4 rings (SSSR count). The third-order valence-corrected chi connectivity index (χ3v) is 9.04. The highest BCUT2D eigenvalue weighted by Gasteiger charge is 2.43. The van der Waals surface area contributed by atoms with Crippen molar-refractivity contribution in [2.75, 3.05) is 22.9 Å². The highest BCUT2D eigenvalue weighted by atomic mass is 32.2. The highest BCUT2D eigenvalue weighted by Crippen LogP contribution is 2.47. The number of aliphatic carboxylic acids is 1. The number of carbonyl (C=O) groups is 1. The van der Waals surface area contributed by atoms with Crippen LogP contribution in [0.3, 0.4) is 0 Å². The summed E-state index contributed by atoms with van der Waals surface area (Å²) in [5.41, 5.74) is 3.20. The van der Waals surface area contributed by atoms with Crippen molar-refractivity contribution >= 4 is 34.8 Å². The molecule has 2 aliphatic rings. The summed E-state index contributed by atoms with van der Waals surface area (Å²) in [7, 11) is 0. The van der Waals surface area contributed by atoms with Gasteiger partial charge in [-0.25, -0.2) is 0 Å². The lowest BCUT2D eigenvalue weighted by molar-refractivity contribution is -0.384. The normalized spacial score (nSPS) is 18.5. The van der Waals surface area contributed by atoms with Gasteiger partial charge in [-0.05, 0) is 49.1 Å². The third kappa shape index (κ3) is 7.34. The largest absolute Gasteiger partial charge is 0.481 e. The van der Waals surface area contributed by atoms with Gasteiger partial charge in [0.15, 0.2) is 0 Å². The quantitative estimate of drug-likeness (QED) is 0.102. The zero-order valence-electron chi connectivity index (χ0n) is 24.7. The number of para-hydroxylation sites is 1. The number of thioether (sulfide) groups is 1. The van der Waals surface area contributed by atoms with Crippen molar-refractivity contribution in [3.63, 3.8) is 0 Å². The van der Waals surface area contributed by atoms with E-state index in [4.69, 9.17) is 5.11 Å². The van der Waals surface area contributed by atoms with Crippen LogP contribution < -0.4 is 9.80 Å². The van der Waals surface area contributed by atoms with Crippen molar-refractivity contribution < 1.29 is 14.8 Å². The van der Waals surface area contributed by atoms with E-state index in [1.165, 1.54) is 15.6 Å². The molecule has 1 unspecified atom stereocenters. The number of anilines is 2. The minimum absolute atomic E-state index is 0.106. The van der Waals surface area contributed by atoms with Crippen LogP contribution in [-0.2, 0) is 10.2 Å². The molecule has 0 aromatic heterocycles. The lowest BCUT2D eigenvalue weighted by atomic mass is 9.80. The van der Waals surface area contributed by atoms with Crippen molar-refractivity contribution in [1.29, 1.82) is 0 Å². The fourth-order valence-electron chi connectivity index (χ4n) is 5.67. The molecule has 1 atom stereocenters. The molecule has 42 heavy (non-hydrogen) atoms. The topological polar surface area (TPSA) is 86.9 Å². The smallest absolute Gasteiger partial charge is 0.303 e. The zero-order valence-corrected chi connectivity index (χ0v) is 25.6. The van der Waals surface area contributed by atoms with Gasteiger partial charge in [-0.2, -0.15) is 0 Å². The van der Waals surface area contributed by atoms with Crippen LogP contribution in [0.15, 0.2) is 94.9 Å². The molecule has 8 heteroatoms. The first-order valence-electron chi connectivity index (χ1n) is 14.8. The summed E-state index contributed by atoms with van der Waals surface area (Å²) in [4.78, 5) is 27.9. The number of non-ortho nitro benzene ring substituents is 1. The van der Waals surface area contributed by atoms with Crippen molar-refractivity contribution in [1.82, 2.24) is 0 Å². The maximum Gasteiger partial charge on any atom is 0.303 e. The number of nitro groups is 1. The molecule has 0 spiro atoms. The molecule has 2 aromatic rings. The Morgan fingerprint density at radius 2 is 1.76 bits per heavy atom. The van der Waals surface area contributed by atoms with E-state index in [1.807, 2.05) is 24.3 Å². The molecular weight excluding hydrogens is 546 g/mol. The van der Waals surface area contributed by atoms with Gasteiger partial charge in [0.25, 0.3) is 5.69 Å². The number of rotatable bonds is 14. The molecule has 0 fully saturated rings. The van der Waals surface area contributed by atoms with Crippen LogP contribution in [0.5, 0.6) is 0 Å². The molecule has 0 amide bonds. The van der Waals surface area contributed by atoms with Gasteiger partial charge in [0.05, 0.1) is 21.7 Å². The van der Waals surface area contributed by atoms with Crippen LogP contribution in [0.25, 0.3) is 0 Å². The summed E-state index contributed by atoms with van der Waals surface area (Å²) in [6, 6.07) is 13.8. The summed E-state index contributed by atoms with van der Waals surface area (Å²) in [5, 5.41) is 21.5. The number of fused-ring (bicyclic) bond motifs is 2. The minimum atomic E-state index is -0.733. The number of unbranched alkanes of at least 4 members (excludes halogenated alkanes) is 3. The van der Waals surface area contributed by atoms with E-state index < -0.39 is 5.97 Å². The molecule has 222 valence electrons. The second-order valence-electron chi connectivity index (χ2n) is 11.3. The monoisotopic (exact) mass is 587 g/mol. The van der Waals surface area contributed by atoms with Gasteiger partial charge in [0, 0.05) is 47.6 Å². The van der Waals surface area contributed by atoms with Gasteiger partial charge in [-0.3, -0.25) is 14.9 Å². The Balaban J connectivity index is 1.41. The Morgan fingerprint density at radius 1 is 1.00 bits per heavy atom. The molecule has 0 aliphatic carbocycles. The van der Waals surface area contributed by atoms with Gasteiger partial charge in [-0.1, -0.05) is 94.0 Å². The van der Waals surface area contributed by atoms with Crippen LogP contribution in [0.1, 0.15) is 64.9 Å². The average molecular weight is 588 g/mol. The first kappa shape index (κ1) is 31.2. The van der Waals surface area contributed by atoms with Crippen LogP contribution in [0.4, 0.5) is 17.1 Å². The predicted molar refractivity (Wildman–Crippen MR) is 173 cm³/mol. The van der Waals surface area contributed by atoms with Crippen LogP contribution in [0, 0.1) is 10.1 Å². The first-order valence-corrected chi connectivity index (χ1v) is 15.6. The van der Waals surface area contributed by atoms with Gasteiger partial charge in [0.2, 0.25) is 0 Å². The minimum Gasteiger partial charge on any atom is -0.481 e. The molecule has 2 heterocycles. The SMILES string of the molecule is CCCCN1c2ccc([N+](=O)[O-])cc2C(C)(C)C1/C=C/C=C/C=C/C=C1\Sc2ccccc2N1CCCCCC(=O)O. The van der Waals surface area contributed by atoms with Crippen molar-refractivity contribution in [3.8, 4) is 0 Å². The zero-order chi connectivity index (χ0) is 30.1. The van der Waals surface area contributed by atoms with Crippen molar-refractivity contribution in [2.45, 2.75) is 75.6 Å². The standard InChI is InChI=1S/C34H41N3O4S/c1-4-5-23-35-28-22-21-26(37(40)41)25-27(28)34(2,3)31(35)18-10-7-6-8-11-19-32-36(24-15-9-12-20-33(38)39)29-16-13-14-17-30(29)42-32/h6-8,10-11,13-14,16-19,21-22,25,31H,4-5,9,12,15,20,23-24H2,1-3H3,(H,38,39)/b7-6+,11-8+,18-10+,32-19-. The number of hydrogen-bond donors (Lipinski definition) is 1. The number of nitro benzene ring substituents is 1. The van der Waals surface area contributed by atoms with Crippen molar-refractivity contribution in [3.05, 3.63) is 106 Å². The lowest BCUT2D eigenvalue weighted by Gasteiger charge is -2.32. The number of hydrogen-bond acceptors (Lipinski definition) is 6. The molecule has 1 N–H and O–H groups in total. The molecular formula is C34H41N3O4S. The molecule has 7 nitrogen and oxygen atoms in total. The number of carboxylic acids is 1. The van der Waals surface area contributed by atoms with E-state index in [-0.39, 0.29) is 28.5 Å². The summed E-state index contributed by atoms with van der Waals surface area (Å²) in [6.07, 6.45) is 19.5. The summed E-state index contributed by atoms with van der Waals surface area (Å²) >= 11 is 1.76. The number of allylic oxidation sites excluding steroid dienone is 6. The first-order chi connectivity index (χ1) is 20.2. The summed E-state index contributed by atoms with van der Waals surface area (Å²) < 4.78 is 0. The number of carboxylic acid groups (broad SMARTS) is 1. The molecule has 0 bridgehead atoms. The second kappa shape index (κ2) is 14.4. The molecule has 0 saturated heterocycles. The third-order valence-electron chi connectivity index (χ3n) is 7.91. The van der Waals surface area contributed by atoms with Gasteiger partial charge in [0.1, 0.15) is 0 Å². The lowest BCUT2D eigenvalue weighted by Crippen LogP contribution is -2.40. The van der Waals surface area contributed by atoms with E-state index in [0.29, 0.717) is 6.42 Å². The fourth-order valence-corrected chi connectivity index (χ4v) is 6.77. The van der Waals surface area contributed by atoms with Gasteiger partial charge < -0.3 is 14.9 Å². The number of benzene rings is 2. The Bertz CT molecular complexity index is 1390. The van der Waals surface area contributed by atoms with Crippen molar-refractivity contribution in [2.24, 2.45) is 0 Å². The van der Waals surface area contributed by atoms with Crippen LogP contribution in [0.2, 0.25) is 0 Å². The molecule has 0 radical (unpaired) electrons. The Kier molecular flexibility index (Phi) is 10.7. The second-order valence-corrected chi connectivity index (χ2v) is 12.3. The van der Waals surface area contributed by atoms with E-state index in [9.17, 15) is 14.9 Å². The summed E-state index contributed by atoms with van der Waals surface area (Å²) in [5.74, 6) is -0.733. The maximum atomic E-state index is 11.4. The van der Waals surface area contributed by atoms with Gasteiger partial charge in [-0.15, -0.1) is 0 Å². The van der Waals surface area contributed by atoms with Crippen LogP contribution >= 0.6 is 11.8 Å². The predicted octanol–water partition coefficient (Wildman–Crippen LogP) is 8.63. The Labute approximate surface area is 253 Å². The number of nitrogens with zero attached hydrogens (tertiary/aromatic N) is 3. The van der Waals surface area contributed by atoms with Crippen LogP contribution in [-0.4, -0.2) is 35.1 Å². The van der Waals surface area contributed by atoms with E-state index in [2.05, 4.69) is 79.1 Å².